The van der Waals surface area contributed by atoms with Crippen LogP contribution >= 0.6 is 0 Å². The highest BCUT2D eigenvalue weighted by molar-refractivity contribution is 5.94. The molecule has 2 rings (SSSR count). The van der Waals surface area contributed by atoms with E-state index in [1.54, 1.807) is 18.9 Å². The highest BCUT2D eigenvalue weighted by Crippen LogP contribution is 2.25. The van der Waals surface area contributed by atoms with Gasteiger partial charge in [-0.2, -0.15) is 18.3 Å². The Balaban J connectivity index is 2.11. The van der Waals surface area contributed by atoms with Gasteiger partial charge in [0.2, 0.25) is 0 Å². The molecule has 2 heterocycles. The minimum absolute atomic E-state index is 0.113. The number of carboxylic acid groups (broad SMARTS) is 1. The SMILES string of the molecule is Cc1nn(C)c(N2CCN(CC(F)(F)F)CC2)c1C(=O)O. The summed E-state index contributed by atoms with van der Waals surface area (Å²) in [7, 11) is 1.64. The lowest BCUT2D eigenvalue weighted by Gasteiger charge is -2.36. The lowest BCUT2D eigenvalue weighted by molar-refractivity contribution is -0.146. The summed E-state index contributed by atoms with van der Waals surface area (Å²) >= 11 is 0. The summed E-state index contributed by atoms with van der Waals surface area (Å²) in [4.78, 5) is 14.4. The highest BCUT2D eigenvalue weighted by atomic mass is 19.4. The minimum Gasteiger partial charge on any atom is -0.477 e. The van der Waals surface area contributed by atoms with Crippen molar-refractivity contribution in [3.63, 3.8) is 0 Å². The predicted octanol–water partition coefficient (Wildman–Crippen LogP) is 1.11. The molecule has 0 saturated carbocycles. The van der Waals surface area contributed by atoms with Crippen LogP contribution in [0.25, 0.3) is 0 Å². The summed E-state index contributed by atoms with van der Waals surface area (Å²) in [6.45, 7) is 1.83. The van der Waals surface area contributed by atoms with Gasteiger partial charge < -0.3 is 10.0 Å². The fourth-order valence-electron chi connectivity index (χ4n) is 2.63. The lowest BCUT2D eigenvalue weighted by atomic mass is 10.2. The second-order valence-electron chi connectivity index (χ2n) is 5.09. The van der Waals surface area contributed by atoms with E-state index in [1.807, 2.05) is 0 Å². The first-order chi connectivity index (χ1) is 9.69. The molecule has 1 fully saturated rings. The molecular formula is C12H17F3N4O2. The molecule has 0 bridgehead atoms. The zero-order valence-corrected chi connectivity index (χ0v) is 11.8. The average Bonchev–Trinajstić information content (AvgIpc) is 2.63. The molecule has 0 unspecified atom stereocenters. The Morgan fingerprint density at radius 1 is 1.29 bits per heavy atom. The molecule has 118 valence electrons. The molecule has 1 aliphatic heterocycles. The third-order valence-electron chi connectivity index (χ3n) is 3.48. The Labute approximate surface area is 119 Å². The minimum atomic E-state index is -4.21. The van der Waals surface area contributed by atoms with Crippen molar-refractivity contribution in [3.05, 3.63) is 11.3 Å². The molecule has 1 aromatic rings. The molecule has 0 spiro atoms. The normalized spacial score (nSPS) is 17.3. The van der Waals surface area contributed by atoms with E-state index in [-0.39, 0.29) is 18.7 Å². The zero-order chi connectivity index (χ0) is 15.8. The average molecular weight is 306 g/mol. The van der Waals surface area contributed by atoms with E-state index >= 15 is 0 Å². The van der Waals surface area contributed by atoms with Gasteiger partial charge in [0, 0.05) is 33.2 Å². The number of carboxylic acids is 1. The van der Waals surface area contributed by atoms with Crippen molar-refractivity contribution in [3.8, 4) is 0 Å². The van der Waals surface area contributed by atoms with E-state index < -0.39 is 18.7 Å². The smallest absolute Gasteiger partial charge is 0.401 e. The Bertz CT molecular complexity index is 533. The van der Waals surface area contributed by atoms with Gasteiger partial charge in [0.05, 0.1) is 12.2 Å². The van der Waals surface area contributed by atoms with Crippen LogP contribution in [0.5, 0.6) is 0 Å². The van der Waals surface area contributed by atoms with Gasteiger partial charge >= 0.3 is 12.1 Å². The molecule has 1 aliphatic rings. The molecule has 0 amide bonds. The van der Waals surface area contributed by atoms with Crippen LogP contribution in [0.4, 0.5) is 19.0 Å². The predicted molar refractivity (Wildman–Crippen MR) is 69.6 cm³/mol. The van der Waals surface area contributed by atoms with Crippen molar-refractivity contribution in [2.75, 3.05) is 37.6 Å². The summed E-state index contributed by atoms with van der Waals surface area (Å²) in [6, 6.07) is 0. The first kappa shape index (κ1) is 15.6. The van der Waals surface area contributed by atoms with Crippen LogP contribution in [0, 0.1) is 6.92 Å². The zero-order valence-electron chi connectivity index (χ0n) is 11.8. The number of piperazine rings is 1. The van der Waals surface area contributed by atoms with E-state index in [4.69, 9.17) is 0 Å². The molecule has 0 aromatic carbocycles. The number of alkyl halides is 3. The first-order valence-electron chi connectivity index (χ1n) is 6.50. The van der Waals surface area contributed by atoms with Gasteiger partial charge in [-0.15, -0.1) is 0 Å². The number of rotatable bonds is 3. The van der Waals surface area contributed by atoms with E-state index in [9.17, 15) is 23.1 Å². The summed E-state index contributed by atoms with van der Waals surface area (Å²) in [6.07, 6.45) is -4.21. The third kappa shape index (κ3) is 3.46. The number of halogens is 3. The molecular weight excluding hydrogens is 289 g/mol. The standard InChI is InChI=1S/C12H17F3N4O2/c1-8-9(11(20)21)10(17(2)16-8)19-5-3-18(4-6-19)7-12(13,14)15/h3-7H2,1-2H3,(H,20,21). The van der Waals surface area contributed by atoms with Gasteiger partial charge in [-0.05, 0) is 6.92 Å². The third-order valence-corrected chi connectivity index (χ3v) is 3.48. The Hall–Kier alpha value is -1.77. The van der Waals surface area contributed by atoms with Crippen LogP contribution in [0.3, 0.4) is 0 Å². The maximum atomic E-state index is 12.4. The summed E-state index contributed by atoms with van der Waals surface area (Å²) in [5, 5.41) is 13.3. The van der Waals surface area contributed by atoms with Crippen LogP contribution < -0.4 is 4.90 Å². The van der Waals surface area contributed by atoms with Gasteiger partial charge in [0.15, 0.2) is 0 Å². The number of nitrogens with zero attached hydrogens (tertiary/aromatic N) is 4. The fourth-order valence-corrected chi connectivity index (χ4v) is 2.63. The molecule has 1 N–H and O–H groups in total. The summed E-state index contributed by atoms with van der Waals surface area (Å²) in [5.74, 6) is -0.625. The first-order valence-corrected chi connectivity index (χ1v) is 6.50. The number of carbonyl (C=O) groups is 1. The van der Waals surface area contributed by atoms with Gasteiger partial charge in [-0.3, -0.25) is 9.58 Å². The van der Waals surface area contributed by atoms with E-state index in [2.05, 4.69) is 5.10 Å². The molecule has 9 heteroatoms. The van der Waals surface area contributed by atoms with Gasteiger partial charge in [0.25, 0.3) is 0 Å². The second-order valence-corrected chi connectivity index (χ2v) is 5.09. The topological polar surface area (TPSA) is 61.6 Å². The van der Waals surface area contributed by atoms with Gasteiger partial charge in [0.1, 0.15) is 11.4 Å². The van der Waals surface area contributed by atoms with Crippen LogP contribution in [0.2, 0.25) is 0 Å². The summed E-state index contributed by atoms with van der Waals surface area (Å²) in [5.41, 5.74) is 0.513. The van der Waals surface area contributed by atoms with Crippen molar-refractivity contribution in [1.29, 1.82) is 0 Å². The van der Waals surface area contributed by atoms with Crippen molar-refractivity contribution in [1.82, 2.24) is 14.7 Å². The van der Waals surface area contributed by atoms with Crippen LogP contribution in [0.15, 0.2) is 0 Å². The number of anilines is 1. The number of aromatic carboxylic acids is 1. The van der Waals surface area contributed by atoms with Crippen molar-refractivity contribution >= 4 is 11.8 Å². The molecule has 1 aromatic heterocycles. The van der Waals surface area contributed by atoms with Crippen LogP contribution in [-0.4, -0.2) is 64.7 Å². The quantitative estimate of drug-likeness (QED) is 0.906. The van der Waals surface area contributed by atoms with Gasteiger partial charge in [-0.1, -0.05) is 0 Å². The number of aryl methyl sites for hydroxylation is 2. The highest BCUT2D eigenvalue weighted by Gasteiger charge is 2.33. The van der Waals surface area contributed by atoms with Crippen LogP contribution in [0.1, 0.15) is 16.1 Å². The molecule has 6 nitrogen and oxygen atoms in total. The Morgan fingerprint density at radius 2 is 1.86 bits per heavy atom. The molecule has 21 heavy (non-hydrogen) atoms. The molecule has 0 aliphatic carbocycles. The fraction of sp³-hybridized carbons (Fsp3) is 0.667. The van der Waals surface area contributed by atoms with Crippen molar-refractivity contribution < 1.29 is 23.1 Å². The Morgan fingerprint density at radius 3 is 2.33 bits per heavy atom. The Kier molecular flexibility index (Phi) is 4.13. The largest absolute Gasteiger partial charge is 0.477 e. The maximum Gasteiger partial charge on any atom is 0.401 e. The summed E-state index contributed by atoms with van der Waals surface area (Å²) < 4.78 is 38.5. The molecule has 1 saturated heterocycles. The molecule has 0 radical (unpaired) electrons. The van der Waals surface area contributed by atoms with E-state index in [1.165, 1.54) is 9.58 Å². The number of aromatic nitrogens is 2. The van der Waals surface area contributed by atoms with Gasteiger partial charge in [-0.25, -0.2) is 4.79 Å². The maximum absolute atomic E-state index is 12.4. The number of hydrogen-bond donors (Lipinski definition) is 1. The van der Waals surface area contributed by atoms with Crippen LogP contribution in [-0.2, 0) is 7.05 Å². The number of hydrogen-bond acceptors (Lipinski definition) is 4. The van der Waals surface area contributed by atoms with E-state index in [0.717, 1.165) is 0 Å². The van der Waals surface area contributed by atoms with Crippen molar-refractivity contribution in [2.24, 2.45) is 7.05 Å². The molecule has 0 atom stereocenters. The van der Waals surface area contributed by atoms with Crippen molar-refractivity contribution in [2.45, 2.75) is 13.1 Å². The van der Waals surface area contributed by atoms with E-state index in [0.29, 0.717) is 24.6 Å². The second kappa shape index (κ2) is 5.55. The monoisotopic (exact) mass is 306 g/mol. The lowest BCUT2D eigenvalue weighted by Crippen LogP contribution is -2.50.